The zero-order valence-corrected chi connectivity index (χ0v) is 11.4. The van der Waals surface area contributed by atoms with Crippen molar-refractivity contribution < 1.29 is 9.13 Å². The number of ether oxygens (including phenoxy) is 1. The lowest BCUT2D eigenvalue weighted by Gasteiger charge is -2.40. The average molecular weight is 254 g/mol. The van der Waals surface area contributed by atoms with Crippen LogP contribution in [0.4, 0.5) is 4.39 Å². The van der Waals surface area contributed by atoms with Gasteiger partial charge < -0.3 is 10.5 Å². The van der Waals surface area contributed by atoms with Gasteiger partial charge in [0.2, 0.25) is 0 Å². The predicted octanol–water partition coefficient (Wildman–Crippen LogP) is 2.01. The van der Waals surface area contributed by atoms with Crippen LogP contribution in [0.5, 0.6) is 0 Å². The Hall–Kier alpha value is -0.970. The van der Waals surface area contributed by atoms with Crippen LogP contribution in [-0.2, 0) is 11.3 Å². The van der Waals surface area contributed by atoms with Gasteiger partial charge in [-0.25, -0.2) is 4.39 Å². The highest BCUT2D eigenvalue weighted by Crippen LogP contribution is 2.20. The summed E-state index contributed by atoms with van der Waals surface area (Å²) in [6.07, 6.45) is 0.892. The summed E-state index contributed by atoms with van der Waals surface area (Å²) in [5.74, 6) is -0.206. The number of hydrogen-bond donors (Lipinski definition) is 1. The van der Waals surface area contributed by atoms with Gasteiger partial charge in [-0.15, -0.1) is 0 Å². The van der Waals surface area contributed by atoms with E-state index in [1.54, 1.807) is 19.2 Å². The number of halogens is 1. The summed E-state index contributed by atoms with van der Waals surface area (Å²) in [4.78, 5) is 2.14. The fourth-order valence-corrected chi connectivity index (χ4v) is 2.19. The van der Waals surface area contributed by atoms with E-state index in [1.165, 1.54) is 6.07 Å². The number of nitrogens with zero attached hydrogens (tertiary/aromatic N) is 1. The Morgan fingerprint density at radius 1 is 1.44 bits per heavy atom. The third-order valence-corrected chi connectivity index (χ3v) is 3.57. The second-order valence-electron chi connectivity index (χ2n) is 4.70. The molecule has 0 aliphatic heterocycles. The molecular weight excluding hydrogens is 231 g/mol. The van der Waals surface area contributed by atoms with Crippen molar-refractivity contribution in [3.8, 4) is 0 Å². The van der Waals surface area contributed by atoms with Crippen molar-refractivity contribution in [2.75, 3.05) is 27.3 Å². The van der Waals surface area contributed by atoms with Gasteiger partial charge in [0.05, 0.1) is 12.1 Å². The van der Waals surface area contributed by atoms with Gasteiger partial charge in [-0.05, 0) is 31.2 Å². The third kappa shape index (κ3) is 3.51. The van der Waals surface area contributed by atoms with Crippen LogP contribution in [0.1, 0.15) is 18.9 Å². The minimum absolute atomic E-state index is 0.193. The topological polar surface area (TPSA) is 38.5 Å². The van der Waals surface area contributed by atoms with Crippen molar-refractivity contribution in [2.24, 2.45) is 5.73 Å². The Kier molecular flexibility index (Phi) is 5.72. The van der Waals surface area contributed by atoms with Crippen LogP contribution in [0.15, 0.2) is 24.3 Å². The van der Waals surface area contributed by atoms with E-state index in [2.05, 4.69) is 11.8 Å². The van der Waals surface area contributed by atoms with Crippen LogP contribution in [0.25, 0.3) is 0 Å². The highest BCUT2D eigenvalue weighted by Gasteiger charge is 2.31. The molecule has 0 aliphatic rings. The maximum atomic E-state index is 13.2. The molecule has 0 amide bonds. The van der Waals surface area contributed by atoms with E-state index in [9.17, 15) is 4.39 Å². The second kappa shape index (κ2) is 6.83. The minimum Gasteiger partial charge on any atom is -0.383 e. The number of rotatable bonds is 7. The van der Waals surface area contributed by atoms with Crippen LogP contribution < -0.4 is 5.73 Å². The normalized spacial score (nSPS) is 14.8. The first-order valence-electron chi connectivity index (χ1n) is 6.22. The molecule has 1 rings (SSSR count). The Morgan fingerprint density at radius 3 is 2.67 bits per heavy atom. The van der Waals surface area contributed by atoms with E-state index in [1.807, 2.05) is 13.1 Å². The molecule has 3 nitrogen and oxygen atoms in total. The molecule has 4 heteroatoms. The maximum Gasteiger partial charge on any atom is 0.123 e. The quantitative estimate of drug-likeness (QED) is 0.809. The van der Waals surface area contributed by atoms with Gasteiger partial charge >= 0.3 is 0 Å². The Labute approximate surface area is 109 Å². The summed E-state index contributed by atoms with van der Waals surface area (Å²) in [6, 6.07) is 6.66. The molecule has 0 aromatic heterocycles. The van der Waals surface area contributed by atoms with Gasteiger partial charge in [0, 0.05) is 20.2 Å². The van der Waals surface area contributed by atoms with Gasteiger partial charge in [-0.3, -0.25) is 4.90 Å². The summed E-state index contributed by atoms with van der Waals surface area (Å²) in [5, 5.41) is 0. The largest absolute Gasteiger partial charge is 0.383 e. The van der Waals surface area contributed by atoms with E-state index in [0.29, 0.717) is 19.7 Å². The summed E-state index contributed by atoms with van der Waals surface area (Å²) in [6.45, 7) is 3.84. The lowest BCUT2D eigenvalue weighted by molar-refractivity contribution is 0.0233. The molecule has 0 fully saturated rings. The van der Waals surface area contributed by atoms with Crippen LogP contribution >= 0.6 is 0 Å². The third-order valence-electron chi connectivity index (χ3n) is 3.57. The van der Waals surface area contributed by atoms with E-state index >= 15 is 0 Å². The number of benzene rings is 1. The zero-order valence-electron chi connectivity index (χ0n) is 11.4. The Bertz CT molecular complexity index is 367. The first-order chi connectivity index (χ1) is 8.57. The molecule has 102 valence electrons. The fourth-order valence-electron chi connectivity index (χ4n) is 2.19. The van der Waals surface area contributed by atoms with E-state index in [0.717, 1.165) is 12.0 Å². The molecule has 0 radical (unpaired) electrons. The smallest absolute Gasteiger partial charge is 0.123 e. The summed E-state index contributed by atoms with van der Waals surface area (Å²) < 4.78 is 18.4. The first-order valence-corrected chi connectivity index (χ1v) is 6.22. The SMILES string of the molecule is CCC(CN)(COC)N(C)Cc1cccc(F)c1. The van der Waals surface area contributed by atoms with Crippen molar-refractivity contribution in [1.82, 2.24) is 4.90 Å². The molecule has 0 saturated carbocycles. The van der Waals surface area contributed by atoms with Gasteiger partial charge in [0.1, 0.15) is 5.82 Å². The van der Waals surface area contributed by atoms with Crippen molar-refractivity contribution in [3.05, 3.63) is 35.6 Å². The van der Waals surface area contributed by atoms with Crippen LogP contribution in [0.3, 0.4) is 0 Å². The highest BCUT2D eigenvalue weighted by molar-refractivity contribution is 5.16. The molecular formula is C14H23FN2O. The monoisotopic (exact) mass is 254 g/mol. The van der Waals surface area contributed by atoms with Gasteiger partial charge in [-0.1, -0.05) is 19.1 Å². The lowest BCUT2D eigenvalue weighted by Crippen LogP contribution is -2.54. The highest BCUT2D eigenvalue weighted by atomic mass is 19.1. The number of likely N-dealkylation sites (N-methyl/N-ethyl adjacent to an activating group) is 1. The van der Waals surface area contributed by atoms with Gasteiger partial charge in [0.25, 0.3) is 0 Å². The van der Waals surface area contributed by atoms with Crippen molar-refractivity contribution in [1.29, 1.82) is 0 Å². The molecule has 1 aromatic carbocycles. The van der Waals surface area contributed by atoms with Gasteiger partial charge in [-0.2, -0.15) is 0 Å². The molecule has 0 spiro atoms. The van der Waals surface area contributed by atoms with E-state index in [4.69, 9.17) is 10.5 Å². The molecule has 1 unspecified atom stereocenters. The molecule has 0 heterocycles. The molecule has 2 N–H and O–H groups in total. The van der Waals surface area contributed by atoms with Crippen LogP contribution in [0, 0.1) is 5.82 Å². The molecule has 1 atom stereocenters. The molecule has 1 aromatic rings. The minimum atomic E-state index is -0.206. The maximum absolute atomic E-state index is 13.2. The number of nitrogens with two attached hydrogens (primary N) is 1. The van der Waals surface area contributed by atoms with Crippen molar-refractivity contribution in [3.63, 3.8) is 0 Å². The number of methoxy groups -OCH3 is 1. The summed E-state index contributed by atoms with van der Waals surface area (Å²) in [7, 11) is 3.68. The van der Waals surface area contributed by atoms with Crippen LogP contribution in [0.2, 0.25) is 0 Å². The first kappa shape index (κ1) is 15.1. The second-order valence-corrected chi connectivity index (χ2v) is 4.70. The molecule has 0 bridgehead atoms. The fraction of sp³-hybridized carbons (Fsp3) is 0.571. The standard InChI is InChI=1S/C14H23FN2O/c1-4-14(10-16,11-18-3)17(2)9-12-6-5-7-13(15)8-12/h5-8H,4,9-11,16H2,1-3H3. The molecule has 0 aliphatic carbocycles. The van der Waals surface area contributed by atoms with Crippen molar-refractivity contribution in [2.45, 2.75) is 25.4 Å². The van der Waals surface area contributed by atoms with Gasteiger partial charge in [0.15, 0.2) is 0 Å². The molecule has 18 heavy (non-hydrogen) atoms. The van der Waals surface area contributed by atoms with Crippen molar-refractivity contribution >= 4 is 0 Å². The molecule has 0 saturated heterocycles. The Balaban J connectivity index is 2.81. The van der Waals surface area contributed by atoms with E-state index < -0.39 is 0 Å². The summed E-state index contributed by atoms with van der Waals surface area (Å²) in [5.41, 5.74) is 6.64. The zero-order chi connectivity index (χ0) is 13.6. The van der Waals surface area contributed by atoms with Crippen LogP contribution in [-0.4, -0.2) is 37.7 Å². The Morgan fingerprint density at radius 2 is 2.17 bits per heavy atom. The van der Waals surface area contributed by atoms with E-state index in [-0.39, 0.29) is 11.4 Å². The summed E-state index contributed by atoms with van der Waals surface area (Å²) >= 11 is 0. The predicted molar refractivity (Wildman–Crippen MR) is 71.8 cm³/mol. The number of hydrogen-bond acceptors (Lipinski definition) is 3. The lowest BCUT2D eigenvalue weighted by atomic mass is 9.94. The average Bonchev–Trinajstić information content (AvgIpc) is 2.36.